The molecule has 3 N–H and O–H groups in total. The summed E-state index contributed by atoms with van der Waals surface area (Å²) in [5.41, 5.74) is 8.93. The van der Waals surface area contributed by atoms with Crippen LogP contribution in [0.4, 0.5) is 17.8 Å². The maximum Gasteiger partial charge on any atom is 0.231 e. The summed E-state index contributed by atoms with van der Waals surface area (Å²) in [6, 6.07) is 0. The molecular formula is C12H20N8. The van der Waals surface area contributed by atoms with Crippen LogP contribution in [0.15, 0.2) is 0 Å². The number of hydrogen-bond donors (Lipinski definition) is 2. The fraction of sp³-hybridized carbons (Fsp3) is 0.500. The lowest BCUT2D eigenvalue weighted by Gasteiger charge is -2.12. The number of aryl methyl sites for hydroxylation is 2. The van der Waals surface area contributed by atoms with Crippen LogP contribution in [0.2, 0.25) is 0 Å². The van der Waals surface area contributed by atoms with Crippen molar-refractivity contribution < 1.29 is 0 Å². The van der Waals surface area contributed by atoms with Crippen LogP contribution in [0.5, 0.6) is 0 Å². The minimum Gasteiger partial charge on any atom is -0.368 e. The quantitative estimate of drug-likeness (QED) is 0.838. The lowest BCUT2D eigenvalue weighted by atomic mass is 10.2. The van der Waals surface area contributed by atoms with Crippen LogP contribution in [-0.2, 0) is 13.6 Å². The minimum atomic E-state index is 0.200. The van der Waals surface area contributed by atoms with Gasteiger partial charge in [-0.25, -0.2) is 0 Å². The first-order valence-electron chi connectivity index (χ1n) is 6.30. The molecule has 0 aliphatic rings. The molecule has 8 heteroatoms. The number of nitrogens with one attached hydrogen (secondary N) is 1. The first-order valence-corrected chi connectivity index (χ1v) is 6.30. The van der Waals surface area contributed by atoms with E-state index >= 15 is 0 Å². The molecule has 0 bridgehead atoms. The molecule has 0 radical (unpaired) electrons. The second kappa shape index (κ2) is 5.32. The molecule has 0 amide bonds. The largest absolute Gasteiger partial charge is 0.368 e. The molecule has 0 atom stereocenters. The first kappa shape index (κ1) is 14.0. The fourth-order valence-corrected chi connectivity index (χ4v) is 1.90. The summed E-state index contributed by atoms with van der Waals surface area (Å²) in [4.78, 5) is 14.2. The molecule has 2 heterocycles. The summed E-state index contributed by atoms with van der Waals surface area (Å²) < 4.78 is 1.86. The van der Waals surface area contributed by atoms with Gasteiger partial charge in [0, 0.05) is 38.9 Å². The van der Waals surface area contributed by atoms with Crippen molar-refractivity contribution in [3.8, 4) is 0 Å². The van der Waals surface area contributed by atoms with Gasteiger partial charge in [0.05, 0.1) is 5.69 Å². The normalized spacial score (nSPS) is 10.7. The van der Waals surface area contributed by atoms with Gasteiger partial charge in [-0.05, 0) is 13.8 Å². The van der Waals surface area contributed by atoms with Crippen LogP contribution < -0.4 is 16.0 Å². The molecule has 2 aromatic rings. The van der Waals surface area contributed by atoms with Crippen molar-refractivity contribution in [3.63, 3.8) is 0 Å². The highest BCUT2D eigenvalue weighted by molar-refractivity contribution is 5.41. The molecule has 8 nitrogen and oxygen atoms in total. The van der Waals surface area contributed by atoms with Gasteiger partial charge in [-0.1, -0.05) is 0 Å². The van der Waals surface area contributed by atoms with Crippen molar-refractivity contribution in [2.75, 3.05) is 30.0 Å². The minimum absolute atomic E-state index is 0.200. The summed E-state index contributed by atoms with van der Waals surface area (Å²) in [5, 5.41) is 7.55. The zero-order valence-electron chi connectivity index (χ0n) is 12.5. The van der Waals surface area contributed by atoms with E-state index in [1.54, 1.807) is 4.90 Å². The molecule has 108 valence electrons. The van der Waals surface area contributed by atoms with E-state index in [4.69, 9.17) is 5.73 Å². The Morgan fingerprint density at radius 3 is 2.45 bits per heavy atom. The molecular weight excluding hydrogens is 256 g/mol. The summed E-state index contributed by atoms with van der Waals surface area (Å²) in [6.07, 6.45) is 0. The smallest absolute Gasteiger partial charge is 0.231 e. The van der Waals surface area contributed by atoms with E-state index in [1.807, 2.05) is 39.7 Å². The van der Waals surface area contributed by atoms with Crippen LogP contribution in [0, 0.1) is 13.8 Å². The van der Waals surface area contributed by atoms with E-state index in [2.05, 4.69) is 25.4 Å². The SMILES string of the molecule is Cc1nn(C)c(C)c1CNc1nc(N)nc(N(C)C)n1. The number of nitrogens with two attached hydrogens (primary N) is 1. The summed E-state index contributed by atoms with van der Waals surface area (Å²) in [6.45, 7) is 4.61. The van der Waals surface area contributed by atoms with Gasteiger partial charge in [-0.2, -0.15) is 20.1 Å². The van der Waals surface area contributed by atoms with Gasteiger partial charge in [0.15, 0.2) is 0 Å². The summed E-state index contributed by atoms with van der Waals surface area (Å²) >= 11 is 0. The Labute approximate surface area is 118 Å². The lowest BCUT2D eigenvalue weighted by Crippen LogP contribution is -2.16. The van der Waals surface area contributed by atoms with Gasteiger partial charge in [0.25, 0.3) is 0 Å². The Bertz CT molecular complexity index is 616. The van der Waals surface area contributed by atoms with Gasteiger partial charge in [-0.3, -0.25) is 4.68 Å². The monoisotopic (exact) mass is 276 g/mol. The predicted octanol–water partition coefficient (Wildman–Crippen LogP) is 0.482. The standard InChI is InChI=1S/C12H20N8/c1-7-9(8(2)20(5)18-7)6-14-11-15-10(13)16-12(17-11)19(3)4/h6H2,1-5H3,(H3,13,14,15,16,17). The van der Waals surface area contributed by atoms with Crippen LogP contribution >= 0.6 is 0 Å². The van der Waals surface area contributed by atoms with Crippen LogP contribution in [0.1, 0.15) is 17.0 Å². The van der Waals surface area contributed by atoms with Gasteiger partial charge < -0.3 is 16.0 Å². The third-order valence-electron chi connectivity index (χ3n) is 3.12. The highest BCUT2D eigenvalue weighted by Gasteiger charge is 2.11. The third-order valence-corrected chi connectivity index (χ3v) is 3.12. The lowest BCUT2D eigenvalue weighted by molar-refractivity contribution is 0.730. The topological polar surface area (TPSA) is 97.8 Å². The molecule has 0 aliphatic carbocycles. The van der Waals surface area contributed by atoms with E-state index < -0.39 is 0 Å². The Kier molecular flexibility index (Phi) is 3.73. The Morgan fingerprint density at radius 1 is 1.20 bits per heavy atom. The molecule has 2 aromatic heterocycles. The van der Waals surface area contributed by atoms with Crippen molar-refractivity contribution in [1.82, 2.24) is 24.7 Å². The van der Waals surface area contributed by atoms with E-state index in [9.17, 15) is 0 Å². The maximum absolute atomic E-state index is 5.68. The highest BCUT2D eigenvalue weighted by Crippen LogP contribution is 2.14. The van der Waals surface area contributed by atoms with Crippen molar-refractivity contribution in [2.24, 2.45) is 7.05 Å². The molecule has 0 saturated carbocycles. The van der Waals surface area contributed by atoms with Crippen LogP contribution in [0.3, 0.4) is 0 Å². The van der Waals surface area contributed by atoms with Crippen LogP contribution in [-0.4, -0.2) is 38.8 Å². The van der Waals surface area contributed by atoms with Gasteiger partial charge >= 0.3 is 0 Å². The van der Waals surface area contributed by atoms with Crippen molar-refractivity contribution in [2.45, 2.75) is 20.4 Å². The number of nitrogens with zero attached hydrogens (tertiary/aromatic N) is 6. The molecule has 0 aromatic carbocycles. The van der Waals surface area contributed by atoms with Crippen molar-refractivity contribution in [3.05, 3.63) is 17.0 Å². The molecule has 0 unspecified atom stereocenters. The maximum atomic E-state index is 5.68. The third kappa shape index (κ3) is 2.79. The average molecular weight is 276 g/mol. The number of hydrogen-bond acceptors (Lipinski definition) is 7. The fourth-order valence-electron chi connectivity index (χ4n) is 1.90. The second-order valence-electron chi connectivity index (χ2n) is 4.84. The van der Waals surface area contributed by atoms with E-state index in [0.717, 1.165) is 17.0 Å². The molecule has 0 spiro atoms. The number of aromatic nitrogens is 5. The van der Waals surface area contributed by atoms with E-state index in [1.165, 1.54) is 0 Å². The molecule has 2 rings (SSSR count). The first-order chi connectivity index (χ1) is 9.38. The van der Waals surface area contributed by atoms with Gasteiger partial charge in [-0.15, -0.1) is 0 Å². The van der Waals surface area contributed by atoms with Crippen molar-refractivity contribution >= 4 is 17.8 Å². The molecule has 0 saturated heterocycles. The van der Waals surface area contributed by atoms with Crippen molar-refractivity contribution in [1.29, 1.82) is 0 Å². The molecule has 20 heavy (non-hydrogen) atoms. The van der Waals surface area contributed by atoms with Gasteiger partial charge in [0.2, 0.25) is 17.8 Å². The number of anilines is 3. The Morgan fingerprint density at radius 2 is 1.90 bits per heavy atom. The van der Waals surface area contributed by atoms with Gasteiger partial charge in [0.1, 0.15) is 0 Å². The predicted molar refractivity (Wildman–Crippen MR) is 78.6 cm³/mol. The summed E-state index contributed by atoms with van der Waals surface area (Å²) in [7, 11) is 5.64. The molecule has 0 fully saturated rings. The van der Waals surface area contributed by atoms with Crippen LogP contribution in [0.25, 0.3) is 0 Å². The average Bonchev–Trinajstić information content (AvgIpc) is 2.60. The zero-order chi connectivity index (χ0) is 14.9. The Balaban J connectivity index is 2.18. The zero-order valence-corrected chi connectivity index (χ0v) is 12.5. The van der Waals surface area contributed by atoms with E-state index in [0.29, 0.717) is 18.4 Å². The summed E-state index contributed by atoms with van der Waals surface area (Å²) in [5.74, 6) is 1.19. The van der Waals surface area contributed by atoms with E-state index in [-0.39, 0.29) is 5.95 Å². The Hall–Kier alpha value is -2.38. The molecule has 0 aliphatic heterocycles. The highest BCUT2D eigenvalue weighted by atomic mass is 15.3. The second-order valence-corrected chi connectivity index (χ2v) is 4.84. The number of nitrogen functional groups attached to an aromatic ring is 1. The number of rotatable bonds is 4.